The average Bonchev–Trinajstić information content (AvgIpc) is 2.73. The Morgan fingerprint density at radius 3 is 2.62 bits per heavy atom. The van der Waals surface area contributed by atoms with E-state index < -0.39 is 11.9 Å². The number of hydrogen-bond acceptors (Lipinski definition) is 4. The van der Waals surface area contributed by atoms with Crippen LogP contribution in [-0.4, -0.2) is 34.5 Å². The van der Waals surface area contributed by atoms with Gasteiger partial charge in [-0.15, -0.1) is 0 Å². The van der Waals surface area contributed by atoms with E-state index in [1.165, 1.54) is 6.08 Å². The number of benzene rings is 1. The van der Waals surface area contributed by atoms with Gasteiger partial charge in [0.05, 0.1) is 0 Å². The number of nitrogens with zero attached hydrogens (tertiary/aromatic N) is 3. The lowest BCUT2D eigenvalue weighted by atomic mass is 9.83. The van der Waals surface area contributed by atoms with Crippen LogP contribution < -0.4 is 10.9 Å². The molecule has 0 radical (unpaired) electrons. The van der Waals surface area contributed by atoms with Crippen molar-refractivity contribution in [3.63, 3.8) is 0 Å². The predicted octanol–water partition coefficient (Wildman–Crippen LogP) is 2.11. The zero-order valence-corrected chi connectivity index (χ0v) is 15.7. The van der Waals surface area contributed by atoms with Crippen LogP contribution in [0.3, 0.4) is 0 Å². The Balaban J connectivity index is 1.47. The van der Waals surface area contributed by atoms with Crippen LogP contribution in [0.2, 0.25) is 0 Å². The molecule has 4 rings (SSSR count). The maximum atomic E-state index is 12.7. The number of carbonyl (C=O) groups is 2. The summed E-state index contributed by atoms with van der Waals surface area (Å²) < 4.78 is 1.79. The van der Waals surface area contributed by atoms with Gasteiger partial charge < -0.3 is 9.47 Å². The fraction of sp³-hybridized carbons (Fsp3) is 0.273. The maximum Gasteiger partial charge on any atom is 0.324 e. The molecule has 29 heavy (non-hydrogen) atoms. The number of piperidine rings is 1. The second-order valence-electron chi connectivity index (χ2n) is 7.44. The number of aromatic nitrogens is 1. The molecule has 0 aliphatic carbocycles. The van der Waals surface area contributed by atoms with E-state index in [9.17, 15) is 19.6 Å². The number of nitrogens with one attached hydrogen (secondary N) is 1. The SMILES string of the molecule is N#C/C(=C/c1ccccc1)C(=O)NC(=O)N1C[C@H]2C[C@@H](C1)c1cccc(=O)n1C2. The van der Waals surface area contributed by atoms with Crippen LogP contribution in [0.5, 0.6) is 0 Å². The topological polar surface area (TPSA) is 95.2 Å². The van der Waals surface area contributed by atoms with Crippen molar-refractivity contribution in [2.24, 2.45) is 5.92 Å². The van der Waals surface area contributed by atoms with E-state index in [0.29, 0.717) is 25.2 Å². The van der Waals surface area contributed by atoms with Gasteiger partial charge in [-0.2, -0.15) is 5.26 Å². The van der Waals surface area contributed by atoms with Gasteiger partial charge >= 0.3 is 6.03 Å². The summed E-state index contributed by atoms with van der Waals surface area (Å²) in [6, 6.07) is 15.6. The zero-order valence-electron chi connectivity index (χ0n) is 15.7. The number of urea groups is 1. The lowest BCUT2D eigenvalue weighted by molar-refractivity contribution is -0.116. The Morgan fingerprint density at radius 2 is 1.86 bits per heavy atom. The fourth-order valence-electron chi connectivity index (χ4n) is 4.17. The standard InChI is InChI=1S/C22H20N4O3/c23-11-17(9-15-5-2-1-3-6-15)21(28)24-22(29)25-12-16-10-18(14-25)19-7-4-8-20(27)26(19)13-16/h1-9,16,18H,10,12-14H2,(H,24,28,29)/b17-9-/t16-,18+/m1/s1. The molecule has 1 fully saturated rings. The molecule has 2 bridgehead atoms. The van der Waals surface area contributed by atoms with E-state index in [1.54, 1.807) is 45.9 Å². The predicted molar refractivity (Wildman–Crippen MR) is 107 cm³/mol. The monoisotopic (exact) mass is 388 g/mol. The number of imide groups is 1. The molecule has 2 aliphatic rings. The van der Waals surface area contributed by atoms with Gasteiger partial charge in [0.2, 0.25) is 0 Å². The smallest absolute Gasteiger partial charge is 0.323 e. The van der Waals surface area contributed by atoms with E-state index in [4.69, 9.17) is 0 Å². The zero-order chi connectivity index (χ0) is 20.4. The Kier molecular flexibility index (Phi) is 5.00. The number of carbonyl (C=O) groups excluding carboxylic acids is 2. The Labute approximate surface area is 167 Å². The first-order chi connectivity index (χ1) is 14.0. The third kappa shape index (κ3) is 3.83. The average molecular weight is 388 g/mol. The molecule has 2 atom stereocenters. The number of rotatable bonds is 2. The summed E-state index contributed by atoms with van der Waals surface area (Å²) >= 11 is 0. The minimum Gasteiger partial charge on any atom is -0.323 e. The fourth-order valence-corrected chi connectivity index (χ4v) is 4.17. The number of nitriles is 1. The highest BCUT2D eigenvalue weighted by atomic mass is 16.2. The van der Waals surface area contributed by atoms with E-state index in [0.717, 1.165) is 12.1 Å². The molecule has 2 aromatic rings. The number of hydrogen-bond donors (Lipinski definition) is 1. The van der Waals surface area contributed by atoms with Gasteiger partial charge in [-0.1, -0.05) is 36.4 Å². The molecule has 3 amide bonds. The summed E-state index contributed by atoms with van der Waals surface area (Å²) in [5.74, 6) is -0.487. The molecule has 1 aromatic heterocycles. The molecule has 7 nitrogen and oxygen atoms in total. The second kappa shape index (κ2) is 7.76. The molecule has 0 saturated carbocycles. The lowest BCUT2D eigenvalue weighted by Gasteiger charge is -2.42. The number of likely N-dealkylation sites (tertiary alicyclic amines) is 1. The lowest BCUT2D eigenvalue weighted by Crippen LogP contribution is -2.52. The minimum atomic E-state index is -0.714. The van der Waals surface area contributed by atoms with Crippen molar-refractivity contribution >= 4 is 18.0 Å². The summed E-state index contributed by atoms with van der Waals surface area (Å²) in [4.78, 5) is 38.8. The van der Waals surface area contributed by atoms with Gasteiger partial charge in [-0.3, -0.25) is 14.9 Å². The van der Waals surface area contributed by atoms with Crippen molar-refractivity contribution in [2.45, 2.75) is 18.9 Å². The molecule has 2 aliphatic heterocycles. The molecule has 0 spiro atoms. The third-order valence-corrected chi connectivity index (χ3v) is 5.46. The minimum absolute atomic E-state index is 0.0185. The van der Waals surface area contributed by atoms with Crippen molar-refractivity contribution in [2.75, 3.05) is 13.1 Å². The quantitative estimate of drug-likeness (QED) is 0.630. The van der Waals surface area contributed by atoms with Crippen LogP contribution in [0.4, 0.5) is 4.79 Å². The summed E-state index contributed by atoms with van der Waals surface area (Å²) in [5, 5.41) is 11.6. The molecule has 0 unspecified atom stereocenters. The normalized spacial score (nSPS) is 20.4. The molecule has 1 aromatic carbocycles. The first-order valence-electron chi connectivity index (χ1n) is 9.52. The molecule has 3 heterocycles. The van der Waals surface area contributed by atoms with Gasteiger partial charge in [0, 0.05) is 37.3 Å². The van der Waals surface area contributed by atoms with Gasteiger partial charge in [-0.05, 0) is 30.0 Å². The van der Waals surface area contributed by atoms with E-state index >= 15 is 0 Å². The van der Waals surface area contributed by atoms with Crippen LogP contribution in [0.1, 0.15) is 23.6 Å². The number of fused-ring (bicyclic) bond motifs is 4. The first kappa shape index (κ1) is 18.7. The highest BCUT2D eigenvalue weighted by molar-refractivity contribution is 6.08. The highest BCUT2D eigenvalue weighted by Gasteiger charge is 2.36. The van der Waals surface area contributed by atoms with Gasteiger partial charge in [0.15, 0.2) is 0 Å². The van der Waals surface area contributed by atoms with Crippen LogP contribution >= 0.6 is 0 Å². The van der Waals surface area contributed by atoms with Gasteiger partial charge in [-0.25, -0.2) is 4.79 Å². The van der Waals surface area contributed by atoms with Crippen molar-refractivity contribution < 1.29 is 9.59 Å². The van der Waals surface area contributed by atoms with Crippen LogP contribution in [-0.2, 0) is 11.3 Å². The maximum absolute atomic E-state index is 12.7. The summed E-state index contributed by atoms with van der Waals surface area (Å²) in [6.45, 7) is 1.48. The Bertz CT molecular complexity index is 1080. The van der Waals surface area contributed by atoms with Crippen molar-refractivity contribution in [1.29, 1.82) is 5.26 Å². The van der Waals surface area contributed by atoms with E-state index in [2.05, 4.69) is 5.32 Å². The molecule has 7 heteroatoms. The largest absolute Gasteiger partial charge is 0.324 e. The van der Waals surface area contributed by atoms with Crippen LogP contribution in [0, 0.1) is 17.2 Å². The van der Waals surface area contributed by atoms with Crippen LogP contribution in [0.25, 0.3) is 6.08 Å². The number of pyridine rings is 1. The summed E-state index contributed by atoms with van der Waals surface area (Å²) in [7, 11) is 0. The molecule has 146 valence electrons. The third-order valence-electron chi connectivity index (χ3n) is 5.46. The van der Waals surface area contributed by atoms with E-state index in [-0.39, 0.29) is 23.0 Å². The van der Waals surface area contributed by atoms with Gasteiger partial charge in [0.1, 0.15) is 11.6 Å². The molecule has 1 N–H and O–H groups in total. The van der Waals surface area contributed by atoms with E-state index in [1.807, 2.05) is 18.2 Å². The second-order valence-corrected chi connectivity index (χ2v) is 7.44. The van der Waals surface area contributed by atoms with Crippen molar-refractivity contribution in [3.05, 3.63) is 75.7 Å². The number of amides is 3. The van der Waals surface area contributed by atoms with Crippen LogP contribution in [0.15, 0.2) is 58.9 Å². The highest BCUT2D eigenvalue weighted by Crippen LogP contribution is 2.34. The van der Waals surface area contributed by atoms with Gasteiger partial charge in [0.25, 0.3) is 11.5 Å². The Hall–Kier alpha value is -3.66. The molecular weight excluding hydrogens is 368 g/mol. The molecule has 1 saturated heterocycles. The Morgan fingerprint density at radius 1 is 1.07 bits per heavy atom. The summed E-state index contributed by atoms with van der Waals surface area (Å²) in [5.41, 5.74) is 1.49. The van der Waals surface area contributed by atoms with Crippen molar-refractivity contribution in [3.8, 4) is 6.07 Å². The first-order valence-corrected chi connectivity index (χ1v) is 9.52. The van der Waals surface area contributed by atoms with Crippen molar-refractivity contribution in [1.82, 2.24) is 14.8 Å². The summed E-state index contributed by atoms with van der Waals surface area (Å²) in [6.07, 6.45) is 2.37. The molecular formula is C22H20N4O3.